The van der Waals surface area contributed by atoms with Crippen LogP contribution in [0, 0.1) is 0 Å². The van der Waals surface area contributed by atoms with Crippen molar-refractivity contribution in [1.29, 1.82) is 0 Å². The van der Waals surface area contributed by atoms with E-state index in [4.69, 9.17) is 16.3 Å². The van der Waals surface area contributed by atoms with Crippen molar-refractivity contribution in [2.24, 2.45) is 0 Å². The van der Waals surface area contributed by atoms with Crippen LogP contribution in [0.1, 0.15) is 13.8 Å². The number of morpholine rings is 1. The van der Waals surface area contributed by atoms with Crippen LogP contribution in [0.5, 0.6) is 0 Å². The van der Waals surface area contributed by atoms with E-state index >= 15 is 0 Å². The molecule has 0 aromatic heterocycles. The van der Waals surface area contributed by atoms with Gasteiger partial charge in [-0.2, -0.15) is 4.31 Å². The minimum atomic E-state index is -3.56. The highest BCUT2D eigenvalue weighted by atomic mass is 35.5. The van der Waals surface area contributed by atoms with Crippen molar-refractivity contribution in [3.05, 3.63) is 29.3 Å². The lowest BCUT2D eigenvalue weighted by Crippen LogP contribution is -2.54. The van der Waals surface area contributed by atoms with Crippen molar-refractivity contribution in [3.63, 3.8) is 0 Å². The number of hydrogen-bond acceptors (Lipinski definition) is 5. The fourth-order valence-corrected chi connectivity index (χ4v) is 5.30. The van der Waals surface area contributed by atoms with Crippen LogP contribution in [-0.4, -0.2) is 86.5 Å². The number of benzene rings is 1. The zero-order chi connectivity index (χ0) is 19.6. The van der Waals surface area contributed by atoms with Gasteiger partial charge in [-0.15, -0.1) is 0 Å². The average molecular weight is 416 g/mol. The smallest absolute Gasteiger partial charge is 0.243 e. The van der Waals surface area contributed by atoms with Crippen molar-refractivity contribution < 1.29 is 17.9 Å². The fraction of sp³-hybridized carbons (Fsp3) is 0.611. The summed E-state index contributed by atoms with van der Waals surface area (Å²) in [5.41, 5.74) is 0. The van der Waals surface area contributed by atoms with Gasteiger partial charge in [-0.1, -0.05) is 17.7 Å². The van der Waals surface area contributed by atoms with Crippen LogP contribution in [0.4, 0.5) is 0 Å². The van der Waals surface area contributed by atoms with E-state index in [1.807, 2.05) is 23.6 Å². The van der Waals surface area contributed by atoms with E-state index in [1.165, 1.54) is 10.4 Å². The molecule has 2 aliphatic heterocycles. The first-order chi connectivity index (χ1) is 12.8. The van der Waals surface area contributed by atoms with E-state index < -0.39 is 10.0 Å². The highest BCUT2D eigenvalue weighted by Crippen LogP contribution is 2.21. The number of hydrogen-bond donors (Lipinski definition) is 0. The number of halogens is 1. The molecular formula is C18H26ClN3O4S. The monoisotopic (exact) mass is 415 g/mol. The maximum absolute atomic E-state index is 12.7. The molecule has 0 unspecified atom stereocenters. The van der Waals surface area contributed by atoms with E-state index in [0.29, 0.717) is 50.8 Å². The lowest BCUT2D eigenvalue weighted by atomic mass is 10.2. The molecule has 9 heteroatoms. The summed E-state index contributed by atoms with van der Waals surface area (Å²) in [6.45, 7) is 7.23. The molecule has 3 rings (SSSR count). The molecule has 1 aromatic carbocycles. The van der Waals surface area contributed by atoms with Gasteiger partial charge in [0.2, 0.25) is 15.9 Å². The molecular weight excluding hydrogens is 390 g/mol. The van der Waals surface area contributed by atoms with Crippen LogP contribution >= 0.6 is 11.6 Å². The quantitative estimate of drug-likeness (QED) is 0.741. The van der Waals surface area contributed by atoms with Gasteiger partial charge < -0.3 is 9.64 Å². The maximum Gasteiger partial charge on any atom is 0.243 e. The number of ether oxygens (including phenoxy) is 1. The number of carbonyl (C=O) groups is 1. The Morgan fingerprint density at radius 1 is 1.15 bits per heavy atom. The number of piperazine rings is 1. The van der Waals surface area contributed by atoms with Gasteiger partial charge in [-0.25, -0.2) is 8.42 Å². The summed E-state index contributed by atoms with van der Waals surface area (Å²) in [6.07, 6.45) is 0.0785. The second-order valence-electron chi connectivity index (χ2n) is 7.19. The SMILES string of the molecule is C[C@@H]1CN(C(=O)CN2CCN(S(=O)(=O)c3cccc(Cl)c3)CC2)C[C@H](C)O1. The van der Waals surface area contributed by atoms with E-state index in [-0.39, 0.29) is 23.0 Å². The topological polar surface area (TPSA) is 70.2 Å². The highest BCUT2D eigenvalue weighted by molar-refractivity contribution is 7.89. The molecule has 0 bridgehead atoms. The van der Waals surface area contributed by atoms with E-state index in [2.05, 4.69) is 0 Å². The van der Waals surface area contributed by atoms with Gasteiger partial charge in [0.15, 0.2) is 0 Å². The molecule has 1 aromatic rings. The minimum Gasteiger partial charge on any atom is -0.372 e. The normalized spacial score (nSPS) is 25.5. The standard InChI is InChI=1S/C18H26ClN3O4S/c1-14-11-21(12-15(2)26-14)18(23)13-20-6-8-22(9-7-20)27(24,25)17-5-3-4-16(19)10-17/h3-5,10,14-15H,6-9,11-13H2,1-2H3/t14-,15+. The fourth-order valence-electron chi connectivity index (χ4n) is 3.58. The molecule has 1 amide bonds. The highest BCUT2D eigenvalue weighted by Gasteiger charge is 2.31. The first-order valence-corrected chi connectivity index (χ1v) is 11.0. The predicted molar refractivity (Wildman–Crippen MR) is 103 cm³/mol. The molecule has 2 fully saturated rings. The molecule has 2 heterocycles. The van der Waals surface area contributed by atoms with Crippen molar-refractivity contribution in [2.45, 2.75) is 31.0 Å². The van der Waals surface area contributed by atoms with Crippen LogP contribution in [0.25, 0.3) is 0 Å². The molecule has 0 saturated carbocycles. The van der Waals surface area contributed by atoms with Gasteiger partial charge in [0.25, 0.3) is 0 Å². The summed E-state index contributed by atoms with van der Waals surface area (Å²) >= 11 is 5.92. The number of nitrogens with zero attached hydrogens (tertiary/aromatic N) is 3. The Morgan fingerprint density at radius 3 is 2.37 bits per heavy atom. The van der Waals surface area contributed by atoms with E-state index in [0.717, 1.165) is 0 Å². The molecule has 2 saturated heterocycles. The number of rotatable bonds is 4. The first kappa shape index (κ1) is 20.5. The number of carbonyl (C=O) groups excluding carboxylic acids is 1. The largest absolute Gasteiger partial charge is 0.372 e. The van der Waals surface area contributed by atoms with Gasteiger partial charge in [0.05, 0.1) is 23.6 Å². The van der Waals surface area contributed by atoms with Crippen LogP contribution < -0.4 is 0 Å². The third kappa shape index (κ3) is 5.00. The number of sulfonamides is 1. The van der Waals surface area contributed by atoms with Crippen molar-refractivity contribution >= 4 is 27.5 Å². The Bertz CT molecular complexity index is 771. The average Bonchev–Trinajstić information content (AvgIpc) is 2.61. The summed E-state index contributed by atoms with van der Waals surface area (Å²) in [4.78, 5) is 16.6. The van der Waals surface area contributed by atoms with Gasteiger partial charge in [0.1, 0.15) is 0 Å². The molecule has 150 valence electrons. The lowest BCUT2D eigenvalue weighted by molar-refractivity contribution is -0.144. The van der Waals surface area contributed by atoms with Gasteiger partial charge in [-0.3, -0.25) is 9.69 Å². The molecule has 2 atom stereocenters. The molecule has 7 nitrogen and oxygen atoms in total. The Kier molecular flexibility index (Phi) is 6.43. The Hall–Kier alpha value is -1.19. The second-order valence-corrected chi connectivity index (χ2v) is 9.57. The zero-order valence-electron chi connectivity index (χ0n) is 15.7. The molecule has 0 aliphatic carbocycles. The Labute approximate surface area is 165 Å². The summed E-state index contributed by atoms with van der Waals surface area (Å²) in [5.74, 6) is 0.0724. The zero-order valence-corrected chi connectivity index (χ0v) is 17.2. The van der Waals surface area contributed by atoms with Crippen LogP contribution in [-0.2, 0) is 19.6 Å². The van der Waals surface area contributed by atoms with E-state index in [9.17, 15) is 13.2 Å². The van der Waals surface area contributed by atoms with Gasteiger partial charge >= 0.3 is 0 Å². The summed E-state index contributed by atoms with van der Waals surface area (Å²) < 4.78 is 32.6. The third-order valence-corrected chi connectivity index (χ3v) is 7.03. The lowest BCUT2D eigenvalue weighted by Gasteiger charge is -2.38. The van der Waals surface area contributed by atoms with Gasteiger partial charge in [0, 0.05) is 44.3 Å². The van der Waals surface area contributed by atoms with Crippen molar-refractivity contribution in [3.8, 4) is 0 Å². The van der Waals surface area contributed by atoms with Gasteiger partial charge in [-0.05, 0) is 32.0 Å². The molecule has 0 radical (unpaired) electrons. The third-order valence-electron chi connectivity index (χ3n) is 4.90. The second kappa shape index (κ2) is 8.45. The molecule has 27 heavy (non-hydrogen) atoms. The number of amides is 1. The van der Waals surface area contributed by atoms with Crippen LogP contribution in [0.2, 0.25) is 5.02 Å². The minimum absolute atomic E-state index is 0.0392. The molecule has 2 aliphatic rings. The Balaban J connectivity index is 1.55. The Morgan fingerprint density at radius 2 is 1.78 bits per heavy atom. The van der Waals surface area contributed by atoms with Crippen molar-refractivity contribution in [1.82, 2.24) is 14.1 Å². The first-order valence-electron chi connectivity index (χ1n) is 9.17. The molecule has 0 spiro atoms. The maximum atomic E-state index is 12.7. The predicted octanol–water partition coefficient (Wildman–Crippen LogP) is 1.28. The van der Waals surface area contributed by atoms with Crippen LogP contribution in [0.15, 0.2) is 29.2 Å². The molecule has 0 N–H and O–H groups in total. The van der Waals surface area contributed by atoms with Crippen molar-refractivity contribution in [2.75, 3.05) is 45.8 Å². The summed E-state index contributed by atoms with van der Waals surface area (Å²) in [6, 6.07) is 6.30. The van der Waals surface area contributed by atoms with E-state index in [1.54, 1.807) is 18.2 Å². The summed E-state index contributed by atoms with van der Waals surface area (Å²) in [7, 11) is -3.56. The summed E-state index contributed by atoms with van der Waals surface area (Å²) in [5, 5.41) is 0.397. The van der Waals surface area contributed by atoms with Crippen LogP contribution in [0.3, 0.4) is 0 Å².